The standard InChI is InChI=1S/C23H29N3O4.C8H10.C2H6/c1-4-25(5-2)8-9-30-18-7-6-16-13-26(14-17(16)10-18)23(29)20-11-19(15(3)27)22(28)12-21(20)24;1-2-8-6-4-3-5-7-8;1-2/h6-7,10-12,28H,4-5,8-9,13-14,24H2,1-3H3;3-7H,2H2,1H3;1-2H3. The maximum absolute atomic E-state index is 13.0. The monoisotopic (exact) mass is 547 g/mol. The molecule has 0 aromatic heterocycles. The fourth-order valence-electron chi connectivity index (χ4n) is 4.39. The van der Waals surface area contributed by atoms with Crippen molar-refractivity contribution in [2.45, 2.75) is 61.1 Å². The number of carbonyl (C=O) groups excluding carboxylic acids is 2. The summed E-state index contributed by atoms with van der Waals surface area (Å²) in [7, 11) is 0. The van der Waals surface area contributed by atoms with Gasteiger partial charge in [-0.1, -0.05) is 71.0 Å². The van der Waals surface area contributed by atoms with Crippen LogP contribution < -0.4 is 10.5 Å². The number of nitrogens with zero attached hydrogens (tertiary/aromatic N) is 2. The molecule has 1 amide bonds. The second kappa shape index (κ2) is 16.3. The fraction of sp³-hybridized carbons (Fsp3) is 0.394. The van der Waals surface area contributed by atoms with Crippen molar-refractivity contribution in [1.82, 2.24) is 9.80 Å². The molecule has 0 bridgehead atoms. The van der Waals surface area contributed by atoms with Crippen LogP contribution in [0.1, 0.15) is 78.9 Å². The van der Waals surface area contributed by atoms with Crippen LogP contribution in [0.4, 0.5) is 5.69 Å². The van der Waals surface area contributed by atoms with Crippen LogP contribution in [0.2, 0.25) is 0 Å². The molecule has 4 rings (SSSR count). The van der Waals surface area contributed by atoms with Gasteiger partial charge in [0.1, 0.15) is 18.1 Å². The number of rotatable bonds is 9. The number of hydrogen-bond donors (Lipinski definition) is 2. The number of amides is 1. The molecule has 216 valence electrons. The highest BCUT2D eigenvalue weighted by atomic mass is 16.5. The van der Waals surface area contributed by atoms with Crippen molar-refractivity contribution in [2.24, 2.45) is 0 Å². The summed E-state index contributed by atoms with van der Waals surface area (Å²) < 4.78 is 5.89. The minimum Gasteiger partial charge on any atom is -0.507 e. The fourth-order valence-corrected chi connectivity index (χ4v) is 4.39. The lowest BCUT2D eigenvalue weighted by atomic mass is 10.0. The van der Waals surface area contributed by atoms with Crippen LogP contribution in [0.5, 0.6) is 11.5 Å². The summed E-state index contributed by atoms with van der Waals surface area (Å²) in [5.41, 5.74) is 9.92. The van der Waals surface area contributed by atoms with E-state index in [1.54, 1.807) is 4.90 Å². The Hall–Kier alpha value is -3.84. The van der Waals surface area contributed by atoms with Crippen molar-refractivity contribution < 1.29 is 19.4 Å². The van der Waals surface area contributed by atoms with Gasteiger partial charge in [-0.15, -0.1) is 0 Å². The number of benzene rings is 3. The van der Waals surface area contributed by atoms with Crippen molar-refractivity contribution in [2.75, 3.05) is 32.0 Å². The van der Waals surface area contributed by atoms with Crippen molar-refractivity contribution >= 4 is 17.4 Å². The predicted octanol–water partition coefficient (Wildman–Crippen LogP) is 6.33. The number of anilines is 1. The molecule has 7 nitrogen and oxygen atoms in total. The van der Waals surface area contributed by atoms with E-state index in [0.29, 0.717) is 19.7 Å². The van der Waals surface area contributed by atoms with E-state index in [9.17, 15) is 14.7 Å². The lowest BCUT2D eigenvalue weighted by molar-refractivity contribution is 0.0752. The lowest BCUT2D eigenvalue weighted by Gasteiger charge is -2.18. The largest absolute Gasteiger partial charge is 0.507 e. The third-order valence-electron chi connectivity index (χ3n) is 6.79. The maximum Gasteiger partial charge on any atom is 0.256 e. The van der Waals surface area contributed by atoms with Crippen molar-refractivity contribution in [3.05, 3.63) is 88.5 Å². The van der Waals surface area contributed by atoms with Crippen molar-refractivity contribution in [3.63, 3.8) is 0 Å². The first kappa shape index (κ1) is 32.4. The number of aromatic hydroxyl groups is 1. The zero-order valence-electron chi connectivity index (χ0n) is 24.9. The number of phenols is 1. The van der Waals surface area contributed by atoms with Gasteiger partial charge in [0.05, 0.1) is 11.1 Å². The maximum atomic E-state index is 13.0. The summed E-state index contributed by atoms with van der Waals surface area (Å²) >= 11 is 0. The van der Waals surface area contributed by atoms with E-state index in [4.69, 9.17) is 10.5 Å². The Morgan fingerprint density at radius 3 is 2.15 bits per heavy atom. The zero-order chi connectivity index (χ0) is 29.7. The molecule has 0 atom stereocenters. The van der Waals surface area contributed by atoms with Gasteiger partial charge in [-0.05, 0) is 61.3 Å². The molecule has 3 aromatic rings. The average Bonchev–Trinajstić information content (AvgIpc) is 3.40. The number of fused-ring (bicyclic) bond motifs is 1. The van der Waals surface area contributed by atoms with Crippen LogP contribution in [-0.4, -0.2) is 52.8 Å². The number of carbonyl (C=O) groups is 2. The number of nitrogens with two attached hydrogens (primary N) is 1. The third kappa shape index (κ3) is 8.85. The number of aryl methyl sites for hydroxylation is 1. The molecule has 3 N–H and O–H groups in total. The van der Waals surface area contributed by atoms with Crippen LogP contribution >= 0.6 is 0 Å². The Kier molecular flexibility index (Phi) is 13.2. The normalized spacial score (nSPS) is 11.6. The molecule has 40 heavy (non-hydrogen) atoms. The SMILES string of the molecule is CC.CCN(CC)CCOc1ccc2c(c1)CN(C(=O)c1cc(C(C)=O)c(O)cc1N)C2.CCc1ccccc1. The molecular weight excluding hydrogens is 502 g/mol. The van der Waals surface area contributed by atoms with Gasteiger partial charge in [0.25, 0.3) is 5.91 Å². The molecule has 0 unspecified atom stereocenters. The Bertz CT molecular complexity index is 1240. The smallest absolute Gasteiger partial charge is 0.256 e. The quantitative estimate of drug-likeness (QED) is 0.240. The zero-order valence-corrected chi connectivity index (χ0v) is 24.9. The van der Waals surface area contributed by atoms with Crippen LogP contribution in [-0.2, 0) is 19.5 Å². The van der Waals surface area contributed by atoms with Gasteiger partial charge in [-0.3, -0.25) is 9.59 Å². The highest BCUT2D eigenvalue weighted by molar-refractivity contribution is 6.04. The first-order valence-corrected chi connectivity index (χ1v) is 14.2. The highest BCUT2D eigenvalue weighted by Crippen LogP contribution is 2.31. The molecule has 0 spiro atoms. The van der Waals surface area contributed by atoms with Crippen LogP contribution in [0.25, 0.3) is 0 Å². The highest BCUT2D eigenvalue weighted by Gasteiger charge is 2.27. The van der Waals surface area contributed by atoms with Gasteiger partial charge in [-0.2, -0.15) is 0 Å². The minimum atomic E-state index is -0.322. The van der Waals surface area contributed by atoms with Gasteiger partial charge in [0.15, 0.2) is 5.78 Å². The van der Waals surface area contributed by atoms with E-state index >= 15 is 0 Å². The number of likely N-dealkylation sites (N-methyl/N-ethyl adjacent to an activating group) is 1. The molecule has 0 saturated carbocycles. The third-order valence-corrected chi connectivity index (χ3v) is 6.79. The van der Waals surface area contributed by atoms with E-state index in [1.807, 2.05) is 38.1 Å². The first-order chi connectivity index (χ1) is 19.3. The van der Waals surface area contributed by atoms with Gasteiger partial charge in [-0.25, -0.2) is 0 Å². The number of nitrogen functional groups attached to an aromatic ring is 1. The van der Waals surface area contributed by atoms with Gasteiger partial charge in [0, 0.05) is 31.4 Å². The molecule has 1 heterocycles. The topological polar surface area (TPSA) is 96.1 Å². The summed E-state index contributed by atoms with van der Waals surface area (Å²) in [5, 5.41) is 9.90. The van der Waals surface area contributed by atoms with Gasteiger partial charge >= 0.3 is 0 Å². The van der Waals surface area contributed by atoms with E-state index in [1.165, 1.54) is 24.6 Å². The van der Waals surface area contributed by atoms with E-state index in [-0.39, 0.29) is 34.3 Å². The van der Waals surface area contributed by atoms with Crippen LogP contribution in [0.3, 0.4) is 0 Å². The molecule has 0 aliphatic carbocycles. The molecule has 0 radical (unpaired) electrons. The summed E-state index contributed by atoms with van der Waals surface area (Å²) in [4.78, 5) is 28.7. The Morgan fingerprint density at radius 1 is 0.925 bits per heavy atom. The summed E-state index contributed by atoms with van der Waals surface area (Å²) in [5.74, 6) is -0.0149. The molecular formula is C33H45N3O4. The number of Topliss-reactive ketones (excluding diaryl/α,β-unsaturated/α-hetero) is 1. The number of ketones is 1. The molecule has 1 aliphatic heterocycles. The average molecular weight is 548 g/mol. The Balaban J connectivity index is 0.000000475. The van der Waals surface area contributed by atoms with Crippen LogP contribution in [0, 0.1) is 0 Å². The molecule has 7 heteroatoms. The molecule has 0 fully saturated rings. The van der Waals surface area contributed by atoms with E-state index < -0.39 is 0 Å². The summed E-state index contributed by atoms with van der Waals surface area (Å²) in [6, 6.07) is 19.0. The van der Waals surface area contributed by atoms with E-state index in [2.05, 4.69) is 49.9 Å². The van der Waals surface area contributed by atoms with Crippen molar-refractivity contribution in [1.29, 1.82) is 0 Å². The number of ether oxygens (including phenoxy) is 1. The number of hydrogen-bond acceptors (Lipinski definition) is 6. The molecule has 0 saturated heterocycles. The summed E-state index contributed by atoms with van der Waals surface area (Å²) in [6.07, 6.45) is 1.14. The van der Waals surface area contributed by atoms with Gasteiger partial charge < -0.3 is 25.4 Å². The van der Waals surface area contributed by atoms with E-state index in [0.717, 1.165) is 42.9 Å². The van der Waals surface area contributed by atoms with Crippen molar-refractivity contribution in [3.8, 4) is 11.5 Å². The molecule has 1 aliphatic rings. The summed E-state index contributed by atoms with van der Waals surface area (Å²) in [6.45, 7) is 16.1. The Labute approximate surface area is 239 Å². The van der Waals surface area contributed by atoms with Gasteiger partial charge in [0.2, 0.25) is 0 Å². The lowest BCUT2D eigenvalue weighted by Crippen LogP contribution is -2.27. The second-order valence-electron chi connectivity index (χ2n) is 9.32. The number of phenolic OH excluding ortho intramolecular Hbond substituents is 1. The first-order valence-electron chi connectivity index (χ1n) is 14.2. The minimum absolute atomic E-state index is 0.0909. The van der Waals surface area contributed by atoms with Crippen LogP contribution in [0.15, 0.2) is 60.7 Å². The Morgan fingerprint density at radius 2 is 1.57 bits per heavy atom. The predicted molar refractivity (Wildman–Crippen MR) is 163 cm³/mol. The second-order valence-corrected chi connectivity index (χ2v) is 9.32. The molecule has 3 aromatic carbocycles.